The molecule has 2 aliphatic rings. The first-order valence-corrected chi connectivity index (χ1v) is 14.3. The van der Waals surface area contributed by atoms with Crippen LogP contribution in [0.5, 0.6) is 5.75 Å². The number of benzene rings is 1. The minimum absolute atomic E-state index is 0.0268. The maximum absolute atomic E-state index is 13.7. The third kappa shape index (κ3) is 6.02. The lowest BCUT2D eigenvalue weighted by atomic mass is 10.0. The van der Waals surface area contributed by atoms with E-state index in [9.17, 15) is 23.4 Å². The maximum atomic E-state index is 13.7. The van der Waals surface area contributed by atoms with Crippen molar-refractivity contribution in [2.75, 3.05) is 26.7 Å². The molecule has 1 aromatic carbocycles. The molecular formula is C28H35N3O6S. The number of aliphatic hydroxyl groups is 2. The van der Waals surface area contributed by atoms with Crippen molar-refractivity contribution in [1.29, 1.82) is 0 Å². The molecule has 10 heteroatoms. The molecule has 38 heavy (non-hydrogen) atoms. The second kappa shape index (κ2) is 11.4. The summed E-state index contributed by atoms with van der Waals surface area (Å²) in [4.78, 5) is 18.5. The highest BCUT2D eigenvalue weighted by Crippen LogP contribution is 2.34. The third-order valence-electron chi connectivity index (χ3n) is 7.25. The van der Waals surface area contributed by atoms with Crippen molar-refractivity contribution in [3.8, 4) is 17.6 Å². The minimum Gasteiger partial charge on any atom is -0.487 e. The van der Waals surface area contributed by atoms with E-state index in [1.807, 2.05) is 6.92 Å². The van der Waals surface area contributed by atoms with Crippen LogP contribution >= 0.6 is 0 Å². The number of aromatic nitrogens is 1. The average molecular weight is 542 g/mol. The molecule has 1 aromatic heterocycles. The van der Waals surface area contributed by atoms with Gasteiger partial charge >= 0.3 is 0 Å². The topological polar surface area (TPSA) is 120 Å². The van der Waals surface area contributed by atoms with Gasteiger partial charge in [-0.15, -0.1) is 0 Å². The van der Waals surface area contributed by atoms with E-state index < -0.39 is 27.8 Å². The molecule has 9 nitrogen and oxygen atoms in total. The molecule has 204 valence electrons. The first-order chi connectivity index (χ1) is 18.0. The molecule has 0 unspecified atom stereocenters. The van der Waals surface area contributed by atoms with E-state index in [2.05, 4.69) is 16.8 Å². The molecule has 2 heterocycles. The highest BCUT2D eigenvalue weighted by molar-refractivity contribution is 7.89. The van der Waals surface area contributed by atoms with Crippen LogP contribution in [0, 0.1) is 17.8 Å². The number of amides is 1. The van der Waals surface area contributed by atoms with Gasteiger partial charge in [-0.3, -0.25) is 9.78 Å². The number of pyridine rings is 1. The van der Waals surface area contributed by atoms with Gasteiger partial charge in [0.05, 0.1) is 18.7 Å². The van der Waals surface area contributed by atoms with E-state index in [1.54, 1.807) is 44.4 Å². The summed E-state index contributed by atoms with van der Waals surface area (Å²) in [5, 5.41) is 20.5. The van der Waals surface area contributed by atoms with Crippen molar-refractivity contribution in [2.24, 2.45) is 5.92 Å². The number of sulfonamides is 1. The second-order valence-corrected chi connectivity index (χ2v) is 12.2. The molecule has 0 bridgehead atoms. The molecule has 0 spiro atoms. The quantitative estimate of drug-likeness (QED) is 0.557. The first-order valence-electron chi connectivity index (χ1n) is 12.9. The smallest absolute Gasteiger partial charge is 0.255 e. The molecule has 1 amide bonds. The third-order valence-corrected chi connectivity index (χ3v) is 9.27. The number of nitrogens with zero attached hydrogens (tertiary/aromatic N) is 3. The van der Waals surface area contributed by atoms with Crippen LogP contribution in [0.1, 0.15) is 55.5 Å². The number of hydrogen-bond acceptors (Lipinski definition) is 7. The van der Waals surface area contributed by atoms with Gasteiger partial charge in [-0.2, -0.15) is 4.31 Å². The predicted octanol–water partition coefficient (Wildman–Crippen LogP) is 2.28. The van der Waals surface area contributed by atoms with Crippen LogP contribution in [0.3, 0.4) is 0 Å². The van der Waals surface area contributed by atoms with Crippen molar-refractivity contribution in [3.05, 3.63) is 53.9 Å². The van der Waals surface area contributed by atoms with Gasteiger partial charge in [-0.05, 0) is 62.9 Å². The van der Waals surface area contributed by atoms with Crippen LogP contribution in [0.25, 0.3) is 0 Å². The van der Waals surface area contributed by atoms with Crippen LogP contribution in [-0.2, 0) is 10.0 Å². The summed E-state index contributed by atoms with van der Waals surface area (Å²) in [6, 6.07) is 7.36. The Balaban J connectivity index is 1.71. The molecule has 1 fully saturated rings. The van der Waals surface area contributed by atoms with Gasteiger partial charge in [-0.1, -0.05) is 18.8 Å². The Morgan fingerprint density at radius 1 is 1.32 bits per heavy atom. The molecule has 2 aromatic rings. The second-order valence-electron chi connectivity index (χ2n) is 10.3. The van der Waals surface area contributed by atoms with E-state index in [1.165, 1.54) is 21.5 Å². The van der Waals surface area contributed by atoms with E-state index in [-0.39, 0.29) is 42.2 Å². The number of hydrogen-bond donors (Lipinski definition) is 2. The standard InChI is InChI=1S/C28H35N3O6S/c1-20-17-31(21(2)19-32)38(35,36)26-9-8-22(10-13-28(34)11-4-5-12-28)15-24(26)37-25(20)18-30(3)27(33)23-7-6-14-29-16-23/h6-9,14-16,20-21,25,32,34H,4-5,11-12,17-19H2,1-3H3/t20-,21-,25-/m1/s1. The monoisotopic (exact) mass is 541 g/mol. The average Bonchev–Trinajstić information content (AvgIpc) is 3.35. The summed E-state index contributed by atoms with van der Waals surface area (Å²) in [7, 11) is -2.33. The Morgan fingerprint density at radius 3 is 2.71 bits per heavy atom. The number of aliphatic hydroxyl groups excluding tert-OH is 1. The minimum atomic E-state index is -4.00. The van der Waals surface area contributed by atoms with E-state index in [4.69, 9.17) is 4.74 Å². The predicted molar refractivity (Wildman–Crippen MR) is 142 cm³/mol. The van der Waals surface area contributed by atoms with Crippen molar-refractivity contribution < 1.29 is 28.2 Å². The van der Waals surface area contributed by atoms with Crippen LogP contribution < -0.4 is 4.74 Å². The number of carbonyl (C=O) groups excluding carboxylic acids is 1. The van der Waals surface area contributed by atoms with Crippen LogP contribution in [0.4, 0.5) is 0 Å². The first kappa shape index (κ1) is 28.0. The summed E-state index contributed by atoms with van der Waals surface area (Å²) in [6.45, 7) is 3.49. The van der Waals surface area contributed by atoms with E-state index in [0.29, 0.717) is 24.0 Å². The number of carbonyl (C=O) groups is 1. The Bertz CT molecular complexity index is 1320. The Kier molecular flexibility index (Phi) is 8.43. The lowest BCUT2D eigenvalue weighted by Gasteiger charge is -2.37. The molecule has 4 rings (SSSR count). The van der Waals surface area contributed by atoms with Crippen molar-refractivity contribution in [1.82, 2.24) is 14.2 Å². The summed E-state index contributed by atoms with van der Waals surface area (Å²) in [5.41, 5.74) is -0.0704. The SMILES string of the molecule is C[C@@H]1CN([C@H](C)CO)S(=O)(=O)c2ccc(C#CC3(O)CCCC3)cc2O[C@@H]1CN(C)C(=O)c1cccnc1. The lowest BCUT2D eigenvalue weighted by molar-refractivity contribution is 0.0563. The summed E-state index contributed by atoms with van der Waals surface area (Å²) in [5.74, 6) is 5.53. The van der Waals surface area contributed by atoms with Crippen molar-refractivity contribution >= 4 is 15.9 Å². The van der Waals surface area contributed by atoms with Gasteiger partial charge < -0.3 is 19.8 Å². The number of fused-ring (bicyclic) bond motifs is 1. The highest BCUT2D eigenvalue weighted by Gasteiger charge is 2.38. The molecule has 1 aliphatic carbocycles. The van der Waals surface area contributed by atoms with Gasteiger partial charge in [-0.25, -0.2) is 8.42 Å². The number of ether oxygens (including phenoxy) is 1. The molecule has 3 atom stereocenters. The molecule has 0 saturated heterocycles. The zero-order valence-corrected chi connectivity index (χ0v) is 22.8. The normalized spacial score (nSPS) is 23.1. The fourth-order valence-corrected chi connectivity index (χ4v) is 6.68. The fourth-order valence-electron chi connectivity index (χ4n) is 4.86. The van der Waals surface area contributed by atoms with Gasteiger partial charge in [0.1, 0.15) is 22.4 Å². The molecule has 0 radical (unpaired) electrons. The lowest BCUT2D eigenvalue weighted by Crippen LogP contribution is -2.50. The molecule has 1 saturated carbocycles. The van der Waals surface area contributed by atoms with Crippen LogP contribution in [-0.4, -0.2) is 83.2 Å². The summed E-state index contributed by atoms with van der Waals surface area (Å²) in [6.07, 6.45) is 5.60. The van der Waals surface area contributed by atoms with E-state index >= 15 is 0 Å². The highest BCUT2D eigenvalue weighted by atomic mass is 32.2. The van der Waals surface area contributed by atoms with Crippen molar-refractivity contribution in [3.63, 3.8) is 0 Å². The van der Waals surface area contributed by atoms with Gasteiger partial charge in [0.15, 0.2) is 0 Å². The molecule has 1 aliphatic heterocycles. The van der Waals surface area contributed by atoms with Crippen LogP contribution in [0.2, 0.25) is 0 Å². The number of rotatable bonds is 5. The summed E-state index contributed by atoms with van der Waals surface area (Å²) < 4.78 is 34.9. The van der Waals surface area contributed by atoms with Crippen molar-refractivity contribution in [2.45, 2.75) is 62.2 Å². The van der Waals surface area contributed by atoms with Gasteiger partial charge in [0.2, 0.25) is 10.0 Å². The summed E-state index contributed by atoms with van der Waals surface area (Å²) >= 11 is 0. The zero-order chi connectivity index (χ0) is 27.5. The van der Waals surface area contributed by atoms with Gasteiger partial charge in [0, 0.05) is 43.5 Å². The van der Waals surface area contributed by atoms with Crippen LogP contribution in [0.15, 0.2) is 47.6 Å². The Morgan fingerprint density at radius 2 is 2.05 bits per heavy atom. The number of likely N-dealkylation sites (N-methyl/N-ethyl adjacent to an activating group) is 1. The maximum Gasteiger partial charge on any atom is 0.255 e. The fraction of sp³-hybridized carbons (Fsp3) is 0.500. The Hall–Kier alpha value is -2.97. The Labute approximate surface area is 224 Å². The van der Waals surface area contributed by atoms with E-state index in [0.717, 1.165) is 12.8 Å². The zero-order valence-electron chi connectivity index (χ0n) is 22.0. The largest absolute Gasteiger partial charge is 0.487 e. The molecule has 2 N–H and O–H groups in total. The molecular weight excluding hydrogens is 506 g/mol. The van der Waals surface area contributed by atoms with Gasteiger partial charge in [0.25, 0.3) is 5.91 Å².